The van der Waals surface area contributed by atoms with E-state index < -0.39 is 0 Å². The smallest absolute Gasteiger partial charge is 0.234 e. The van der Waals surface area contributed by atoms with Gasteiger partial charge in [0.15, 0.2) is 11.0 Å². The molecular formula is C19H19N5OS. The Labute approximate surface area is 156 Å². The minimum absolute atomic E-state index is 0.0913. The lowest BCUT2D eigenvalue weighted by atomic mass is 10.2. The van der Waals surface area contributed by atoms with Crippen LogP contribution in [-0.2, 0) is 11.3 Å². The summed E-state index contributed by atoms with van der Waals surface area (Å²) in [5, 5.41) is 12.0. The molecule has 1 amide bonds. The van der Waals surface area contributed by atoms with Crippen LogP contribution in [0.1, 0.15) is 5.56 Å². The van der Waals surface area contributed by atoms with E-state index >= 15 is 0 Å². The summed E-state index contributed by atoms with van der Waals surface area (Å²) in [5.74, 6) is 0.809. The first-order valence-electron chi connectivity index (χ1n) is 8.12. The lowest BCUT2D eigenvalue weighted by molar-refractivity contribution is -0.113. The van der Waals surface area contributed by atoms with Crippen LogP contribution < -0.4 is 5.32 Å². The highest BCUT2D eigenvalue weighted by Gasteiger charge is 2.15. The van der Waals surface area contributed by atoms with Gasteiger partial charge in [-0.2, -0.15) is 0 Å². The van der Waals surface area contributed by atoms with Gasteiger partial charge in [0.25, 0.3) is 0 Å². The molecule has 0 bridgehead atoms. The van der Waals surface area contributed by atoms with Crippen LogP contribution >= 0.6 is 11.8 Å². The zero-order chi connectivity index (χ0) is 18.4. The van der Waals surface area contributed by atoms with Crippen molar-refractivity contribution in [3.05, 3.63) is 66.9 Å². The van der Waals surface area contributed by atoms with Gasteiger partial charge >= 0.3 is 0 Å². The highest BCUT2D eigenvalue weighted by Crippen LogP contribution is 2.23. The molecular weight excluding hydrogens is 346 g/mol. The zero-order valence-corrected chi connectivity index (χ0v) is 15.2. The average Bonchev–Trinajstić information content (AvgIpc) is 3.06. The van der Waals surface area contributed by atoms with Crippen LogP contribution in [-0.4, -0.2) is 31.4 Å². The number of amides is 1. The Hall–Kier alpha value is -2.93. The molecule has 132 valence electrons. The Morgan fingerprint density at radius 3 is 2.73 bits per heavy atom. The van der Waals surface area contributed by atoms with Gasteiger partial charge < -0.3 is 5.32 Å². The molecule has 0 unspecified atom stereocenters. The summed E-state index contributed by atoms with van der Waals surface area (Å²) in [5.41, 5.74) is 2.66. The molecule has 0 fully saturated rings. The van der Waals surface area contributed by atoms with Gasteiger partial charge in [-0.15, -0.1) is 16.8 Å². The van der Waals surface area contributed by atoms with Gasteiger partial charge in [-0.1, -0.05) is 41.6 Å². The first kappa shape index (κ1) is 17.9. The van der Waals surface area contributed by atoms with Crippen molar-refractivity contribution in [1.29, 1.82) is 0 Å². The fourth-order valence-electron chi connectivity index (χ4n) is 2.34. The number of aryl methyl sites for hydroxylation is 1. The van der Waals surface area contributed by atoms with Crippen molar-refractivity contribution in [1.82, 2.24) is 19.7 Å². The maximum Gasteiger partial charge on any atom is 0.234 e. The molecule has 7 heteroatoms. The SMILES string of the molecule is C=CCn1c(SCC(=O)Nc2ccc(C)cc2)nnc1-c1ccccn1. The Kier molecular flexibility index (Phi) is 5.80. The average molecular weight is 365 g/mol. The van der Waals surface area contributed by atoms with E-state index in [0.29, 0.717) is 17.5 Å². The second kappa shape index (κ2) is 8.44. The number of anilines is 1. The summed E-state index contributed by atoms with van der Waals surface area (Å²) < 4.78 is 1.90. The van der Waals surface area contributed by atoms with Gasteiger partial charge in [-0.05, 0) is 31.2 Å². The predicted octanol–water partition coefficient (Wildman–Crippen LogP) is 3.57. The molecule has 0 radical (unpaired) electrons. The third-order valence-electron chi connectivity index (χ3n) is 3.59. The third-order valence-corrected chi connectivity index (χ3v) is 4.56. The number of carbonyl (C=O) groups is 1. The Morgan fingerprint density at radius 1 is 1.23 bits per heavy atom. The fraction of sp³-hybridized carbons (Fsp3) is 0.158. The number of thioether (sulfide) groups is 1. The van der Waals surface area contributed by atoms with Crippen molar-refractivity contribution < 1.29 is 4.79 Å². The number of carbonyl (C=O) groups excluding carboxylic acids is 1. The number of hydrogen-bond donors (Lipinski definition) is 1. The minimum Gasteiger partial charge on any atom is -0.325 e. The van der Waals surface area contributed by atoms with Gasteiger partial charge in [0.2, 0.25) is 5.91 Å². The molecule has 0 saturated heterocycles. The maximum atomic E-state index is 12.2. The third kappa shape index (κ3) is 4.37. The largest absolute Gasteiger partial charge is 0.325 e. The van der Waals surface area contributed by atoms with Gasteiger partial charge in [0, 0.05) is 18.4 Å². The van der Waals surface area contributed by atoms with Crippen LogP contribution in [0, 0.1) is 6.92 Å². The predicted molar refractivity (Wildman–Crippen MR) is 104 cm³/mol. The van der Waals surface area contributed by atoms with Gasteiger partial charge in [0.1, 0.15) is 5.69 Å². The van der Waals surface area contributed by atoms with Crippen molar-refractivity contribution >= 4 is 23.4 Å². The summed E-state index contributed by atoms with van der Waals surface area (Å²) in [4.78, 5) is 16.5. The van der Waals surface area contributed by atoms with Crippen LogP contribution in [0.25, 0.3) is 11.5 Å². The van der Waals surface area contributed by atoms with Crippen LogP contribution in [0.5, 0.6) is 0 Å². The second-order valence-electron chi connectivity index (χ2n) is 5.62. The van der Waals surface area contributed by atoms with E-state index in [9.17, 15) is 4.79 Å². The van der Waals surface area contributed by atoms with E-state index in [1.165, 1.54) is 11.8 Å². The molecule has 3 rings (SSSR count). The molecule has 0 aliphatic heterocycles. The zero-order valence-electron chi connectivity index (χ0n) is 14.4. The molecule has 1 N–H and O–H groups in total. The van der Waals surface area contributed by atoms with Gasteiger partial charge in [0.05, 0.1) is 5.75 Å². The molecule has 2 heterocycles. The lowest BCUT2D eigenvalue weighted by Crippen LogP contribution is -2.14. The Morgan fingerprint density at radius 2 is 2.04 bits per heavy atom. The van der Waals surface area contributed by atoms with E-state index in [-0.39, 0.29) is 11.7 Å². The quantitative estimate of drug-likeness (QED) is 0.512. The molecule has 26 heavy (non-hydrogen) atoms. The molecule has 0 atom stereocenters. The summed E-state index contributed by atoms with van der Waals surface area (Å²) in [6, 6.07) is 13.3. The molecule has 6 nitrogen and oxygen atoms in total. The van der Waals surface area contributed by atoms with E-state index in [2.05, 4.69) is 27.1 Å². The number of benzene rings is 1. The molecule has 1 aromatic carbocycles. The van der Waals surface area contributed by atoms with E-state index in [1.807, 2.05) is 54.0 Å². The number of nitrogens with zero attached hydrogens (tertiary/aromatic N) is 4. The first-order valence-corrected chi connectivity index (χ1v) is 9.11. The van der Waals surface area contributed by atoms with Crippen molar-refractivity contribution in [2.45, 2.75) is 18.6 Å². The van der Waals surface area contributed by atoms with E-state index in [1.54, 1.807) is 12.3 Å². The number of rotatable bonds is 7. The maximum absolute atomic E-state index is 12.2. The van der Waals surface area contributed by atoms with Crippen LogP contribution in [0.3, 0.4) is 0 Å². The van der Waals surface area contributed by atoms with E-state index in [4.69, 9.17) is 0 Å². The van der Waals surface area contributed by atoms with E-state index in [0.717, 1.165) is 16.9 Å². The number of pyridine rings is 1. The summed E-state index contributed by atoms with van der Waals surface area (Å²) in [7, 11) is 0. The van der Waals surface area contributed by atoms with Crippen molar-refractivity contribution in [3.8, 4) is 11.5 Å². The summed E-state index contributed by atoms with van der Waals surface area (Å²) >= 11 is 1.33. The van der Waals surface area contributed by atoms with Crippen molar-refractivity contribution in [2.75, 3.05) is 11.1 Å². The fourth-order valence-corrected chi connectivity index (χ4v) is 3.09. The normalized spacial score (nSPS) is 10.5. The number of allylic oxidation sites excluding steroid dienone is 1. The highest BCUT2D eigenvalue weighted by molar-refractivity contribution is 7.99. The van der Waals surface area contributed by atoms with Crippen LogP contribution in [0.4, 0.5) is 5.69 Å². The molecule has 2 aromatic heterocycles. The van der Waals surface area contributed by atoms with Crippen LogP contribution in [0.15, 0.2) is 66.5 Å². The topological polar surface area (TPSA) is 72.7 Å². The molecule has 3 aromatic rings. The molecule has 0 aliphatic carbocycles. The Balaban J connectivity index is 1.69. The number of nitrogens with one attached hydrogen (secondary N) is 1. The molecule has 0 spiro atoms. The molecule has 0 saturated carbocycles. The van der Waals surface area contributed by atoms with Crippen LogP contribution in [0.2, 0.25) is 0 Å². The first-order chi connectivity index (χ1) is 12.7. The van der Waals surface area contributed by atoms with Crippen molar-refractivity contribution in [2.24, 2.45) is 0 Å². The monoisotopic (exact) mass is 365 g/mol. The minimum atomic E-state index is -0.0913. The number of hydrogen-bond acceptors (Lipinski definition) is 5. The van der Waals surface area contributed by atoms with Crippen molar-refractivity contribution in [3.63, 3.8) is 0 Å². The van der Waals surface area contributed by atoms with Gasteiger partial charge in [-0.25, -0.2) is 0 Å². The van der Waals surface area contributed by atoms with Gasteiger partial charge in [-0.3, -0.25) is 14.3 Å². The standard InChI is InChI=1S/C19H19N5OS/c1-3-12-24-18(16-6-4-5-11-20-16)22-23-19(24)26-13-17(25)21-15-9-7-14(2)8-10-15/h3-11H,1,12-13H2,2H3,(H,21,25). The Bertz CT molecular complexity index is 890. The second-order valence-corrected chi connectivity index (χ2v) is 6.57. The summed E-state index contributed by atoms with van der Waals surface area (Å²) in [6.07, 6.45) is 3.48. The lowest BCUT2D eigenvalue weighted by Gasteiger charge is -2.08. The summed E-state index contributed by atoms with van der Waals surface area (Å²) in [6.45, 7) is 6.33. The highest BCUT2D eigenvalue weighted by atomic mass is 32.2. The number of aromatic nitrogens is 4. The molecule has 0 aliphatic rings.